The van der Waals surface area contributed by atoms with Crippen molar-refractivity contribution < 1.29 is 34.3 Å². The molecular formula is C7H7O7P. The second-order valence-electron chi connectivity index (χ2n) is 2.58. The summed E-state index contributed by atoms with van der Waals surface area (Å²) in [6.07, 6.45) is -0.866. The summed E-state index contributed by atoms with van der Waals surface area (Å²) in [5.41, 5.74) is 1.84. The van der Waals surface area contributed by atoms with Gasteiger partial charge in [-0.15, -0.1) is 0 Å². The average Bonchev–Trinajstić information content (AvgIpc) is 2.09. The number of carboxylic acid groups (broad SMARTS) is 3. The van der Waals surface area contributed by atoms with E-state index in [2.05, 4.69) is 0 Å². The van der Waals surface area contributed by atoms with Gasteiger partial charge in [0.2, 0.25) is 0 Å². The van der Waals surface area contributed by atoms with Gasteiger partial charge in [0, 0.05) is 0 Å². The summed E-state index contributed by atoms with van der Waals surface area (Å²) >= 11 is 0. The fourth-order valence-corrected chi connectivity index (χ4v) is 1.31. The van der Waals surface area contributed by atoms with Crippen LogP contribution in [0.1, 0.15) is 6.42 Å². The fraction of sp³-hybridized carbons (Fsp3) is 0.429. The molecule has 0 bridgehead atoms. The summed E-state index contributed by atoms with van der Waals surface area (Å²) in [5.74, 6) is -8.00. The molecule has 0 saturated heterocycles. The van der Waals surface area contributed by atoms with Gasteiger partial charge in [-0.05, 0) is 0 Å². The number of carbonyl (C=O) groups is 3. The zero-order chi connectivity index (χ0) is 12.0. The molecule has 0 fully saturated rings. The fourth-order valence-electron chi connectivity index (χ4n) is 0.910. The molecule has 0 aliphatic carbocycles. The van der Waals surface area contributed by atoms with E-state index in [1.807, 2.05) is 5.63 Å². The zero-order valence-electron chi connectivity index (χ0n) is 7.28. The first-order valence-electron chi connectivity index (χ1n) is 3.65. The Morgan fingerprint density at radius 1 is 1.13 bits per heavy atom. The summed E-state index contributed by atoms with van der Waals surface area (Å²) in [4.78, 5) is 31.4. The zero-order valence-corrected chi connectivity index (χ0v) is 8.18. The molecule has 0 heterocycles. The van der Waals surface area contributed by atoms with Gasteiger partial charge in [-0.1, -0.05) is 0 Å². The molecule has 15 heavy (non-hydrogen) atoms. The topological polar surface area (TPSA) is 129 Å². The van der Waals surface area contributed by atoms with E-state index in [4.69, 9.17) is 15.3 Å². The van der Waals surface area contributed by atoms with Gasteiger partial charge in [0.15, 0.2) is 0 Å². The number of carboxylic acids is 3. The molecule has 0 saturated carbocycles. The first kappa shape index (κ1) is 13.4. The van der Waals surface area contributed by atoms with E-state index >= 15 is 0 Å². The molecule has 0 spiro atoms. The maximum absolute atomic E-state index is 10.6. The molecule has 0 radical (unpaired) electrons. The van der Waals surface area contributed by atoms with Gasteiger partial charge in [-0.3, -0.25) is 0 Å². The van der Waals surface area contributed by atoms with Crippen LogP contribution < -0.4 is 0 Å². The van der Waals surface area contributed by atoms with Crippen LogP contribution in [0.15, 0.2) is 0 Å². The molecule has 0 aliphatic rings. The van der Waals surface area contributed by atoms with Crippen molar-refractivity contribution in [2.45, 2.75) is 6.42 Å². The third-order valence-corrected chi connectivity index (χ3v) is 1.96. The van der Waals surface area contributed by atoms with Gasteiger partial charge in [0.25, 0.3) is 0 Å². The molecule has 0 aromatic heterocycles. The van der Waals surface area contributed by atoms with Gasteiger partial charge in [0.1, 0.15) is 0 Å². The van der Waals surface area contributed by atoms with Crippen molar-refractivity contribution in [2.24, 2.45) is 11.8 Å². The summed E-state index contributed by atoms with van der Waals surface area (Å²) in [6.45, 7) is 0. The van der Waals surface area contributed by atoms with Crippen LogP contribution in [0.25, 0.3) is 0 Å². The van der Waals surface area contributed by atoms with Crippen molar-refractivity contribution in [1.29, 1.82) is 0 Å². The summed E-state index contributed by atoms with van der Waals surface area (Å²) < 4.78 is 10.1. The minimum absolute atomic E-state index is 0.775. The van der Waals surface area contributed by atoms with Gasteiger partial charge in [-0.25, -0.2) is 0 Å². The second kappa shape index (κ2) is 6.01. The minimum atomic E-state index is -1.71. The Morgan fingerprint density at radius 3 is 1.93 bits per heavy atom. The Morgan fingerprint density at radius 2 is 1.67 bits per heavy atom. The Labute approximate surface area is 84.8 Å². The van der Waals surface area contributed by atoms with Crippen LogP contribution in [0.2, 0.25) is 0 Å². The molecule has 7 nitrogen and oxygen atoms in total. The van der Waals surface area contributed by atoms with Crippen molar-refractivity contribution >= 4 is 25.8 Å². The average molecular weight is 234 g/mol. The summed E-state index contributed by atoms with van der Waals surface area (Å²) in [5, 5.41) is 25.5. The SMILES string of the molecule is O=P#CC(C(=O)O)C(CC(=O)O)C(=O)O. The van der Waals surface area contributed by atoms with Crippen LogP contribution in [0.5, 0.6) is 0 Å². The normalized spacial score (nSPS) is 13.3. The molecule has 82 valence electrons. The first-order valence-corrected chi connectivity index (χ1v) is 4.46. The van der Waals surface area contributed by atoms with E-state index in [0.717, 1.165) is 0 Å². The Balaban J connectivity index is 5.06. The molecule has 8 heteroatoms. The molecule has 3 N–H and O–H groups in total. The predicted octanol–water partition coefficient (Wildman–Crippen LogP) is 0.114. The third-order valence-electron chi connectivity index (χ3n) is 1.57. The van der Waals surface area contributed by atoms with Crippen molar-refractivity contribution in [3.63, 3.8) is 0 Å². The molecule has 0 amide bonds. The van der Waals surface area contributed by atoms with Gasteiger partial charge in [0.05, 0.1) is 0 Å². The van der Waals surface area contributed by atoms with Crippen LogP contribution in [0, 0.1) is 17.5 Å². The quantitative estimate of drug-likeness (QED) is 0.575. The molecule has 0 aromatic rings. The van der Waals surface area contributed by atoms with Crippen molar-refractivity contribution in [3.8, 4) is 5.63 Å². The monoisotopic (exact) mass is 234 g/mol. The van der Waals surface area contributed by atoms with Crippen LogP contribution in [-0.4, -0.2) is 33.2 Å². The van der Waals surface area contributed by atoms with Crippen molar-refractivity contribution in [3.05, 3.63) is 0 Å². The van der Waals surface area contributed by atoms with E-state index in [-0.39, 0.29) is 0 Å². The van der Waals surface area contributed by atoms with E-state index in [1.54, 1.807) is 0 Å². The predicted molar refractivity (Wildman–Crippen MR) is 46.0 cm³/mol. The van der Waals surface area contributed by atoms with Crippen LogP contribution in [-0.2, 0) is 18.9 Å². The van der Waals surface area contributed by atoms with Gasteiger partial charge >= 0.3 is 84.0 Å². The van der Waals surface area contributed by atoms with Gasteiger partial charge < -0.3 is 0 Å². The number of hydrogen-bond donors (Lipinski definition) is 3. The summed E-state index contributed by atoms with van der Waals surface area (Å²) in [7, 11) is -0.775. The van der Waals surface area contributed by atoms with Crippen molar-refractivity contribution in [2.75, 3.05) is 0 Å². The Hall–Kier alpha value is -1.58. The van der Waals surface area contributed by atoms with Crippen LogP contribution in [0.3, 0.4) is 0 Å². The van der Waals surface area contributed by atoms with Crippen molar-refractivity contribution in [1.82, 2.24) is 0 Å². The first-order chi connectivity index (χ1) is 6.90. The second-order valence-corrected chi connectivity index (χ2v) is 3.02. The van der Waals surface area contributed by atoms with E-state index in [0.29, 0.717) is 0 Å². The number of hydrogen-bond acceptors (Lipinski definition) is 4. The third kappa shape index (κ3) is 4.44. The number of aliphatic carboxylic acids is 3. The summed E-state index contributed by atoms with van der Waals surface area (Å²) in [6, 6.07) is 0. The molecule has 0 aromatic carbocycles. The Kier molecular flexibility index (Phi) is 5.37. The van der Waals surface area contributed by atoms with Crippen LogP contribution in [0.4, 0.5) is 0 Å². The molecule has 0 aliphatic heterocycles. The van der Waals surface area contributed by atoms with Gasteiger partial charge in [-0.2, -0.15) is 0 Å². The van der Waals surface area contributed by atoms with Crippen LogP contribution >= 0.6 is 7.92 Å². The molecule has 2 atom stereocenters. The number of rotatable bonds is 5. The molecular weight excluding hydrogens is 227 g/mol. The molecule has 0 rings (SSSR count). The van der Waals surface area contributed by atoms with E-state index in [9.17, 15) is 18.9 Å². The van der Waals surface area contributed by atoms with E-state index in [1.165, 1.54) is 0 Å². The maximum atomic E-state index is 10.6. The standard InChI is InChI=1S/C7H7O7P/c8-5(9)1-3(6(10)11)4(2-15-14)7(12)13/h3-4H,1H2,(H,8,9)(H,10,11)(H,12,13). The Bertz CT molecular complexity index is 381. The van der Waals surface area contributed by atoms with E-state index < -0.39 is 44.1 Å². The molecule has 2 unspecified atom stereocenters.